The Kier molecular flexibility index (Phi) is 5.13. The highest BCUT2D eigenvalue weighted by Gasteiger charge is 2.16. The summed E-state index contributed by atoms with van der Waals surface area (Å²) in [5.41, 5.74) is 6.72. The number of allylic oxidation sites excluding steroid dienone is 1. The Balaban J connectivity index is 1.51. The Hall–Kier alpha value is -3.66. The summed E-state index contributed by atoms with van der Waals surface area (Å²) in [6, 6.07) is 20.5. The molecule has 4 aromatic rings. The largest absolute Gasteiger partial charge is 0.488 e. The van der Waals surface area contributed by atoms with Gasteiger partial charge in [-0.3, -0.25) is 9.98 Å². The van der Waals surface area contributed by atoms with E-state index in [9.17, 15) is 0 Å². The maximum absolute atomic E-state index is 6.22. The highest BCUT2D eigenvalue weighted by Crippen LogP contribution is 2.32. The third kappa shape index (κ3) is 3.77. The zero-order valence-electron chi connectivity index (χ0n) is 16.7. The van der Waals surface area contributed by atoms with Crippen molar-refractivity contribution in [1.29, 1.82) is 0 Å². The van der Waals surface area contributed by atoms with Crippen LogP contribution in [0.25, 0.3) is 17.0 Å². The summed E-state index contributed by atoms with van der Waals surface area (Å²) in [4.78, 5) is 12.5. The van der Waals surface area contributed by atoms with E-state index in [1.165, 1.54) is 5.57 Å². The Morgan fingerprint density at radius 3 is 2.80 bits per heavy atom. The minimum Gasteiger partial charge on any atom is -0.488 e. The number of H-pyrrole nitrogens is 1. The smallest absolute Gasteiger partial charge is 0.129 e. The lowest BCUT2D eigenvalue weighted by atomic mass is 9.94. The van der Waals surface area contributed by atoms with Crippen LogP contribution in [0, 0.1) is 0 Å². The van der Waals surface area contributed by atoms with Crippen molar-refractivity contribution < 1.29 is 4.74 Å². The van der Waals surface area contributed by atoms with Crippen LogP contribution in [0.15, 0.2) is 89.8 Å². The fourth-order valence-electron chi connectivity index (χ4n) is 3.93. The first-order valence-electron chi connectivity index (χ1n) is 10.3. The van der Waals surface area contributed by atoms with E-state index in [0.717, 1.165) is 58.4 Å². The third-order valence-electron chi connectivity index (χ3n) is 5.38. The van der Waals surface area contributed by atoms with Crippen LogP contribution < -0.4 is 4.74 Å². The van der Waals surface area contributed by atoms with E-state index in [2.05, 4.69) is 46.5 Å². The SMILES string of the molecule is C(=C1CCCN=C1c1cccnc1)c1c[nH]c2cccc(OCc3ccccc3)c12. The van der Waals surface area contributed by atoms with Gasteiger partial charge in [-0.05, 0) is 54.3 Å². The molecular weight excluding hydrogens is 370 g/mol. The molecule has 30 heavy (non-hydrogen) atoms. The number of benzene rings is 2. The Labute approximate surface area is 176 Å². The number of nitrogens with one attached hydrogen (secondary N) is 1. The molecule has 4 heteroatoms. The highest BCUT2D eigenvalue weighted by atomic mass is 16.5. The number of pyridine rings is 1. The summed E-state index contributed by atoms with van der Waals surface area (Å²) in [5.74, 6) is 0.889. The van der Waals surface area contributed by atoms with E-state index in [0.29, 0.717) is 6.61 Å². The number of ether oxygens (including phenoxy) is 1. The predicted octanol–water partition coefficient (Wildman–Crippen LogP) is 5.81. The van der Waals surface area contributed by atoms with Crippen molar-refractivity contribution in [3.05, 3.63) is 102 Å². The Morgan fingerprint density at radius 1 is 1.00 bits per heavy atom. The molecule has 1 N–H and O–H groups in total. The molecule has 2 aromatic heterocycles. The van der Waals surface area contributed by atoms with Crippen LogP contribution in [0.4, 0.5) is 0 Å². The van der Waals surface area contributed by atoms with Crippen molar-refractivity contribution in [2.24, 2.45) is 4.99 Å². The number of aliphatic imine (C=N–C) groups is 1. The molecule has 1 aliphatic heterocycles. The molecule has 0 fully saturated rings. The minimum atomic E-state index is 0.545. The molecule has 5 rings (SSSR count). The molecule has 0 bridgehead atoms. The van der Waals surface area contributed by atoms with Gasteiger partial charge in [-0.1, -0.05) is 36.4 Å². The fourth-order valence-corrected chi connectivity index (χ4v) is 3.93. The van der Waals surface area contributed by atoms with E-state index < -0.39 is 0 Å². The van der Waals surface area contributed by atoms with Crippen LogP contribution >= 0.6 is 0 Å². The highest BCUT2D eigenvalue weighted by molar-refractivity contribution is 6.16. The van der Waals surface area contributed by atoms with Gasteiger partial charge in [0.15, 0.2) is 0 Å². The van der Waals surface area contributed by atoms with Crippen molar-refractivity contribution in [1.82, 2.24) is 9.97 Å². The van der Waals surface area contributed by atoms with Gasteiger partial charge < -0.3 is 9.72 Å². The molecule has 0 saturated carbocycles. The van der Waals surface area contributed by atoms with Gasteiger partial charge in [0.2, 0.25) is 0 Å². The quantitative estimate of drug-likeness (QED) is 0.465. The van der Waals surface area contributed by atoms with Crippen molar-refractivity contribution >= 4 is 22.7 Å². The van der Waals surface area contributed by atoms with Crippen LogP contribution in [0.2, 0.25) is 0 Å². The molecule has 0 radical (unpaired) electrons. The van der Waals surface area contributed by atoms with Gasteiger partial charge >= 0.3 is 0 Å². The van der Waals surface area contributed by atoms with E-state index in [1.54, 1.807) is 6.20 Å². The zero-order chi connectivity index (χ0) is 20.2. The van der Waals surface area contributed by atoms with Gasteiger partial charge in [0.25, 0.3) is 0 Å². The average Bonchev–Trinajstić information content (AvgIpc) is 3.23. The number of nitrogens with zero attached hydrogens (tertiary/aromatic N) is 2. The summed E-state index contributed by atoms with van der Waals surface area (Å²) >= 11 is 0. The number of hydrogen-bond acceptors (Lipinski definition) is 3. The number of aromatic nitrogens is 2. The molecule has 2 aromatic carbocycles. The molecule has 0 atom stereocenters. The number of rotatable bonds is 5. The predicted molar refractivity (Wildman–Crippen MR) is 122 cm³/mol. The van der Waals surface area contributed by atoms with Gasteiger partial charge in [0.1, 0.15) is 12.4 Å². The first-order chi connectivity index (χ1) is 14.9. The maximum atomic E-state index is 6.22. The van der Waals surface area contributed by atoms with Crippen LogP contribution in [-0.2, 0) is 6.61 Å². The topological polar surface area (TPSA) is 50.3 Å². The van der Waals surface area contributed by atoms with Crippen LogP contribution in [0.5, 0.6) is 5.75 Å². The third-order valence-corrected chi connectivity index (χ3v) is 5.38. The second kappa shape index (κ2) is 8.37. The van der Waals surface area contributed by atoms with E-state index >= 15 is 0 Å². The zero-order valence-corrected chi connectivity index (χ0v) is 16.7. The molecule has 3 heterocycles. The monoisotopic (exact) mass is 393 g/mol. The molecule has 148 valence electrons. The summed E-state index contributed by atoms with van der Waals surface area (Å²) in [7, 11) is 0. The Morgan fingerprint density at radius 2 is 1.93 bits per heavy atom. The van der Waals surface area contributed by atoms with E-state index in [1.807, 2.05) is 42.6 Å². The van der Waals surface area contributed by atoms with Gasteiger partial charge in [0, 0.05) is 47.2 Å². The van der Waals surface area contributed by atoms with Crippen LogP contribution in [-0.4, -0.2) is 22.2 Å². The summed E-state index contributed by atoms with van der Waals surface area (Å²) in [6.45, 7) is 1.41. The number of fused-ring (bicyclic) bond motifs is 1. The van der Waals surface area contributed by atoms with Crippen LogP contribution in [0.1, 0.15) is 29.5 Å². The standard InChI is InChI=1S/C26H23N3O/c1-2-7-19(8-3-1)18-30-24-12-4-11-23-25(24)22(17-29-23)15-20-9-6-14-28-26(20)21-10-5-13-27-16-21/h1-5,7-8,10-13,15-17,29H,6,9,14,18H2. The molecule has 0 unspecified atom stereocenters. The van der Waals surface area contributed by atoms with Crippen molar-refractivity contribution in [2.45, 2.75) is 19.4 Å². The van der Waals surface area contributed by atoms with Gasteiger partial charge in [-0.25, -0.2) is 0 Å². The molecule has 0 aliphatic carbocycles. The first-order valence-corrected chi connectivity index (χ1v) is 10.3. The number of aromatic amines is 1. The molecule has 4 nitrogen and oxygen atoms in total. The van der Waals surface area contributed by atoms with Crippen LogP contribution in [0.3, 0.4) is 0 Å². The second-order valence-electron chi connectivity index (χ2n) is 7.44. The normalized spacial score (nSPS) is 15.3. The van der Waals surface area contributed by atoms with Gasteiger partial charge in [0.05, 0.1) is 5.71 Å². The number of hydrogen-bond donors (Lipinski definition) is 1. The molecular formula is C26H23N3O. The first kappa shape index (κ1) is 18.4. The van der Waals surface area contributed by atoms with Crippen molar-refractivity contribution in [2.75, 3.05) is 6.54 Å². The maximum Gasteiger partial charge on any atom is 0.129 e. The van der Waals surface area contributed by atoms with Crippen molar-refractivity contribution in [3.63, 3.8) is 0 Å². The molecule has 1 aliphatic rings. The van der Waals surface area contributed by atoms with Gasteiger partial charge in [-0.15, -0.1) is 0 Å². The lowest BCUT2D eigenvalue weighted by Crippen LogP contribution is -2.11. The lowest BCUT2D eigenvalue weighted by molar-refractivity contribution is 0.310. The fraction of sp³-hybridized carbons (Fsp3) is 0.154. The summed E-state index contributed by atoms with van der Waals surface area (Å²) in [6.07, 6.45) is 10.1. The molecule has 0 amide bonds. The molecule has 0 saturated heterocycles. The van der Waals surface area contributed by atoms with E-state index in [4.69, 9.17) is 9.73 Å². The van der Waals surface area contributed by atoms with Gasteiger partial charge in [-0.2, -0.15) is 0 Å². The van der Waals surface area contributed by atoms with E-state index in [-0.39, 0.29) is 0 Å². The minimum absolute atomic E-state index is 0.545. The lowest BCUT2D eigenvalue weighted by Gasteiger charge is -2.16. The molecule has 0 spiro atoms. The summed E-state index contributed by atoms with van der Waals surface area (Å²) < 4.78 is 6.22. The Bertz CT molecular complexity index is 1210. The average molecular weight is 393 g/mol. The summed E-state index contributed by atoms with van der Waals surface area (Å²) in [5, 5.41) is 1.11. The van der Waals surface area contributed by atoms with Crippen molar-refractivity contribution in [3.8, 4) is 5.75 Å². The second-order valence-corrected chi connectivity index (χ2v) is 7.44.